The molecule has 1 aromatic carbocycles. The predicted molar refractivity (Wildman–Crippen MR) is 82.1 cm³/mol. The zero-order valence-corrected chi connectivity index (χ0v) is 12.5. The highest BCUT2D eigenvalue weighted by Crippen LogP contribution is 2.24. The number of benzene rings is 1. The molecule has 19 heavy (non-hydrogen) atoms. The zero-order chi connectivity index (χ0) is 13.8. The molecule has 0 spiro atoms. The molecule has 0 radical (unpaired) electrons. The van der Waals surface area contributed by atoms with Gasteiger partial charge < -0.3 is 4.90 Å². The van der Waals surface area contributed by atoms with E-state index in [9.17, 15) is 0 Å². The maximum Gasteiger partial charge on any atom is 0.128 e. The van der Waals surface area contributed by atoms with Gasteiger partial charge in [0.25, 0.3) is 0 Å². The van der Waals surface area contributed by atoms with Crippen LogP contribution in [-0.4, -0.2) is 12.0 Å². The first-order chi connectivity index (χ1) is 9.11. The number of halogens is 2. The largest absolute Gasteiger partial charge is 0.353 e. The summed E-state index contributed by atoms with van der Waals surface area (Å²) >= 11 is 11.7. The van der Waals surface area contributed by atoms with Crippen molar-refractivity contribution in [3.63, 3.8) is 0 Å². The third-order valence-electron chi connectivity index (χ3n) is 3.26. The van der Waals surface area contributed by atoms with Crippen molar-refractivity contribution in [3.8, 4) is 0 Å². The van der Waals surface area contributed by atoms with Crippen LogP contribution in [0.3, 0.4) is 0 Å². The SMILES string of the molecule is CC(c1ccc(Cl)cc1)N(C)c1ccc(CCl)cn1. The van der Waals surface area contributed by atoms with Crippen LogP contribution in [-0.2, 0) is 5.88 Å². The summed E-state index contributed by atoms with van der Waals surface area (Å²) in [5, 5.41) is 0.753. The third-order valence-corrected chi connectivity index (χ3v) is 3.82. The molecular formula is C15H16Cl2N2. The van der Waals surface area contributed by atoms with Crippen molar-refractivity contribution in [2.24, 2.45) is 0 Å². The Kier molecular flexibility index (Phi) is 4.67. The first kappa shape index (κ1) is 14.2. The fourth-order valence-corrected chi connectivity index (χ4v) is 2.15. The van der Waals surface area contributed by atoms with E-state index in [0.717, 1.165) is 16.4 Å². The molecule has 1 atom stereocenters. The van der Waals surface area contributed by atoms with Crippen molar-refractivity contribution in [1.82, 2.24) is 4.98 Å². The molecule has 0 amide bonds. The highest BCUT2D eigenvalue weighted by atomic mass is 35.5. The lowest BCUT2D eigenvalue weighted by Gasteiger charge is -2.26. The second-order valence-electron chi connectivity index (χ2n) is 4.50. The van der Waals surface area contributed by atoms with Gasteiger partial charge in [0, 0.05) is 24.1 Å². The highest BCUT2D eigenvalue weighted by Gasteiger charge is 2.13. The van der Waals surface area contributed by atoms with Gasteiger partial charge in [-0.3, -0.25) is 0 Å². The molecule has 100 valence electrons. The lowest BCUT2D eigenvalue weighted by Crippen LogP contribution is -2.22. The summed E-state index contributed by atoms with van der Waals surface area (Å²) in [4.78, 5) is 6.56. The van der Waals surface area contributed by atoms with Crippen LogP contribution in [0.15, 0.2) is 42.6 Å². The Hall–Kier alpha value is -1.25. The fourth-order valence-electron chi connectivity index (χ4n) is 1.87. The molecule has 0 fully saturated rings. The van der Waals surface area contributed by atoms with Crippen LogP contribution in [0.2, 0.25) is 5.02 Å². The maximum atomic E-state index is 5.91. The summed E-state index contributed by atoms with van der Waals surface area (Å²) in [5.74, 6) is 1.42. The molecule has 0 bridgehead atoms. The summed E-state index contributed by atoms with van der Waals surface area (Å²) in [6.07, 6.45) is 1.81. The first-order valence-corrected chi connectivity index (χ1v) is 7.02. The minimum Gasteiger partial charge on any atom is -0.353 e. The second kappa shape index (κ2) is 6.27. The van der Waals surface area contributed by atoms with Gasteiger partial charge in [-0.15, -0.1) is 11.6 Å². The molecule has 0 aliphatic rings. The van der Waals surface area contributed by atoms with Crippen molar-refractivity contribution >= 4 is 29.0 Å². The standard InChI is InChI=1S/C15H16Cl2N2/c1-11(13-4-6-14(17)7-5-13)19(2)15-8-3-12(9-16)10-18-15/h3-8,10-11H,9H2,1-2H3. The van der Waals surface area contributed by atoms with E-state index in [4.69, 9.17) is 23.2 Å². The summed E-state index contributed by atoms with van der Waals surface area (Å²) in [7, 11) is 2.03. The van der Waals surface area contributed by atoms with Crippen LogP contribution in [0, 0.1) is 0 Å². The summed E-state index contributed by atoms with van der Waals surface area (Å²) in [6.45, 7) is 2.14. The van der Waals surface area contributed by atoms with Gasteiger partial charge >= 0.3 is 0 Å². The van der Waals surface area contributed by atoms with Gasteiger partial charge in [-0.2, -0.15) is 0 Å². The summed E-state index contributed by atoms with van der Waals surface area (Å²) in [6, 6.07) is 12.1. The molecule has 0 aliphatic heterocycles. The molecule has 1 aromatic heterocycles. The lowest BCUT2D eigenvalue weighted by molar-refractivity contribution is 0.728. The van der Waals surface area contributed by atoms with Crippen molar-refractivity contribution in [2.45, 2.75) is 18.8 Å². The Bertz CT molecular complexity index is 523. The van der Waals surface area contributed by atoms with E-state index in [0.29, 0.717) is 5.88 Å². The number of pyridine rings is 1. The molecule has 2 rings (SSSR count). The van der Waals surface area contributed by atoms with Gasteiger partial charge in [-0.1, -0.05) is 29.8 Å². The molecule has 0 aliphatic carbocycles. The third kappa shape index (κ3) is 3.40. The minimum absolute atomic E-state index is 0.228. The Labute approximate surface area is 124 Å². The zero-order valence-electron chi connectivity index (χ0n) is 11.0. The predicted octanol–water partition coefficient (Wildman–Crippen LogP) is 4.67. The van der Waals surface area contributed by atoms with E-state index < -0.39 is 0 Å². The molecular weight excluding hydrogens is 279 g/mol. The normalized spacial score (nSPS) is 12.2. The Morgan fingerprint density at radius 1 is 1.16 bits per heavy atom. The monoisotopic (exact) mass is 294 g/mol. The highest BCUT2D eigenvalue weighted by molar-refractivity contribution is 6.30. The second-order valence-corrected chi connectivity index (χ2v) is 5.20. The van der Waals surface area contributed by atoms with Crippen LogP contribution >= 0.6 is 23.2 Å². The molecule has 2 nitrogen and oxygen atoms in total. The van der Waals surface area contributed by atoms with Crippen molar-refractivity contribution in [2.75, 3.05) is 11.9 Å². The van der Waals surface area contributed by atoms with Crippen LogP contribution in [0.1, 0.15) is 24.1 Å². The van der Waals surface area contributed by atoms with Gasteiger partial charge in [-0.05, 0) is 36.2 Å². The fraction of sp³-hybridized carbons (Fsp3) is 0.267. The molecule has 0 saturated carbocycles. The van der Waals surface area contributed by atoms with Gasteiger partial charge in [0.05, 0.1) is 6.04 Å². The number of rotatable bonds is 4. The van der Waals surface area contributed by atoms with Crippen molar-refractivity contribution in [1.29, 1.82) is 0 Å². The van der Waals surface area contributed by atoms with Crippen molar-refractivity contribution < 1.29 is 0 Å². The summed E-state index contributed by atoms with van der Waals surface area (Å²) < 4.78 is 0. The number of alkyl halides is 1. The molecule has 0 N–H and O–H groups in total. The average molecular weight is 295 g/mol. The van der Waals surface area contributed by atoms with Crippen LogP contribution in [0.4, 0.5) is 5.82 Å². The van der Waals surface area contributed by atoms with E-state index in [1.807, 2.05) is 49.6 Å². The maximum absolute atomic E-state index is 5.91. The Balaban J connectivity index is 2.17. The lowest BCUT2D eigenvalue weighted by atomic mass is 10.1. The Morgan fingerprint density at radius 3 is 2.37 bits per heavy atom. The number of aromatic nitrogens is 1. The van der Waals surface area contributed by atoms with E-state index in [1.54, 1.807) is 0 Å². The van der Waals surface area contributed by atoms with E-state index >= 15 is 0 Å². The number of nitrogens with zero attached hydrogens (tertiary/aromatic N) is 2. The average Bonchev–Trinajstić information content (AvgIpc) is 2.46. The molecule has 1 heterocycles. The van der Waals surface area contributed by atoms with Crippen LogP contribution in [0.5, 0.6) is 0 Å². The minimum atomic E-state index is 0.228. The van der Waals surface area contributed by atoms with Crippen LogP contribution < -0.4 is 4.90 Å². The van der Waals surface area contributed by atoms with Crippen LogP contribution in [0.25, 0.3) is 0 Å². The van der Waals surface area contributed by atoms with Gasteiger partial charge in [-0.25, -0.2) is 4.98 Å². The van der Waals surface area contributed by atoms with E-state index in [-0.39, 0.29) is 6.04 Å². The molecule has 0 saturated heterocycles. The smallest absolute Gasteiger partial charge is 0.128 e. The first-order valence-electron chi connectivity index (χ1n) is 6.11. The van der Waals surface area contributed by atoms with Gasteiger partial charge in [0.2, 0.25) is 0 Å². The van der Waals surface area contributed by atoms with E-state index in [1.165, 1.54) is 5.56 Å². The van der Waals surface area contributed by atoms with Crippen molar-refractivity contribution in [3.05, 3.63) is 58.7 Å². The molecule has 1 unspecified atom stereocenters. The molecule has 4 heteroatoms. The number of anilines is 1. The number of hydrogen-bond donors (Lipinski definition) is 0. The van der Waals surface area contributed by atoms with Gasteiger partial charge in [0.15, 0.2) is 0 Å². The Morgan fingerprint density at radius 2 is 1.84 bits per heavy atom. The quantitative estimate of drug-likeness (QED) is 0.762. The van der Waals surface area contributed by atoms with E-state index in [2.05, 4.69) is 16.8 Å². The molecule has 2 aromatic rings. The topological polar surface area (TPSA) is 16.1 Å². The van der Waals surface area contributed by atoms with Gasteiger partial charge in [0.1, 0.15) is 5.82 Å². The number of hydrogen-bond acceptors (Lipinski definition) is 2. The summed E-state index contributed by atoms with van der Waals surface area (Å²) in [5.41, 5.74) is 2.23.